The van der Waals surface area contributed by atoms with Crippen molar-refractivity contribution in [1.29, 1.82) is 0 Å². The van der Waals surface area contributed by atoms with Gasteiger partial charge < -0.3 is 14.6 Å². The lowest BCUT2D eigenvalue weighted by Gasteiger charge is -2.10. The Hall–Kier alpha value is -2.14. The van der Waals surface area contributed by atoms with E-state index in [0.717, 1.165) is 44.1 Å². The fraction of sp³-hybridized carbons (Fsp3) is 0.600. The molecule has 0 rings (SSSR count). The van der Waals surface area contributed by atoms with Crippen LogP contribution in [0.4, 0.5) is 0 Å². The summed E-state index contributed by atoms with van der Waals surface area (Å²) in [4.78, 5) is 22.4. The SMILES string of the molecule is CC(=O)OC[C@H](O)COC(=O)/C=C(\C)CC/C=C(\C)CC/C=C(\C)CCC=C(C)C. The van der Waals surface area contributed by atoms with Gasteiger partial charge in [0, 0.05) is 13.0 Å². The van der Waals surface area contributed by atoms with Gasteiger partial charge in [-0.3, -0.25) is 4.79 Å². The smallest absolute Gasteiger partial charge is 0.330 e. The molecule has 1 atom stereocenters. The second-order valence-corrected chi connectivity index (χ2v) is 8.08. The van der Waals surface area contributed by atoms with Crippen LogP contribution in [-0.4, -0.2) is 36.4 Å². The van der Waals surface area contributed by atoms with Crippen molar-refractivity contribution in [2.75, 3.05) is 13.2 Å². The Kier molecular flexibility index (Phi) is 15.4. The fourth-order valence-corrected chi connectivity index (χ4v) is 2.64. The number of rotatable bonds is 14. The van der Waals surface area contributed by atoms with Crippen LogP contribution in [0.2, 0.25) is 0 Å². The molecule has 0 spiro atoms. The Labute approximate surface area is 182 Å². The minimum Gasteiger partial charge on any atom is -0.463 e. The van der Waals surface area contributed by atoms with Gasteiger partial charge in [-0.15, -0.1) is 0 Å². The third-order valence-corrected chi connectivity index (χ3v) is 4.42. The zero-order valence-corrected chi connectivity index (χ0v) is 19.6. The molecule has 1 N–H and O–H groups in total. The first-order valence-corrected chi connectivity index (χ1v) is 10.7. The summed E-state index contributed by atoms with van der Waals surface area (Å²) in [5.41, 5.74) is 5.09. The van der Waals surface area contributed by atoms with Crippen LogP contribution in [0.3, 0.4) is 0 Å². The molecule has 0 aromatic heterocycles. The van der Waals surface area contributed by atoms with Crippen LogP contribution in [0, 0.1) is 0 Å². The van der Waals surface area contributed by atoms with Gasteiger partial charge in [0.2, 0.25) is 0 Å². The van der Waals surface area contributed by atoms with E-state index in [2.05, 4.69) is 50.7 Å². The Morgan fingerprint density at radius 3 is 1.70 bits per heavy atom. The van der Waals surface area contributed by atoms with Crippen LogP contribution in [-0.2, 0) is 19.1 Å². The van der Waals surface area contributed by atoms with Crippen LogP contribution in [0.1, 0.15) is 80.1 Å². The molecule has 30 heavy (non-hydrogen) atoms. The van der Waals surface area contributed by atoms with Crippen molar-refractivity contribution >= 4 is 11.9 Å². The van der Waals surface area contributed by atoms with E-state index in [1.165, 1.54) is 29.7 Å². The third kappa shape index (κ3) is 17.9. The summed E-state index contributed by atoms with van der Waals surface area (Å²) in [5.74, 6) is -0.978. The maximum Gasteiger partial charge on any atom is 0.330 e. The number of aliphatic hydroxyl groups excluding tert-OH is 1. The summed E-state index contributed by atoms with van der Waals surface area (Å²) in [6.07, 6.45) is 13.2. The predicted molar refractivity (Wildman–Crippen MR) is 122 cm³/mol. The van der Waals surface area contributed by atoms with Gasteiger partial charge in [0.1, 0.15) is 19.3 Å². The van der Waals surface area contributed by atoms with E-state index in [1.807, 2.05) is 6.92 Å². The molecular formula is C25H40O5. The second kappa shape index (κ2) is 16.6. The van der Waals surface area contributed by atoms with Gasteiger partial charge in [0.25, 0.3) is 0 Å². The zero-order valence-electron chi connectivity index (χ0n) is 19.6. The highest BCUT2D eigenvalue weighted by Gasteiger charge is 2.09. The highest BCUT2D eigenvalue weighted by molar-refractivity contribution is 5.82. The normalized spacial score (nSPS) is 13.6. The molecule has 0 radical (unpaired) electrons. The maximum absolute atomic E-state index is 11.8. The number of allylic oxidation sites excluding steroid dienone is 7. The molecule has 170 valence electrons. The molecular weight excluding hydrogens is 380 g/mol. The van der Waals surface area contributed by atoms with Crippen molar-refractivity contribution in [2.45, 2.75) is 86.2 Å². The summed E-state index contributed by atoms with van der Waals surface area (Å²) in [7, 11) is 0. The lowest BCUT2D eigenvalue weighted by Crippen LogP contribution is -2.24. The monoisotopic (exact) mass is 420 g/mol. The highest BCUT2D eigenvalue weighted by atomic mass is 16.6. The van der Waals surface area contributed by atoms with E-state index in [0.29, 0.717) is 0 Å². The fourth-order valence-electron chi connectivity index (χ4n) is 2.64. The van der Waals surface area contributed by atoms with E-state index in [4.69, 9.17) is 4.74 Å². The van der Waals surface area contributed by atoms with E-state index < -0.39 is 18.0 Å². The summed E-state index contributed by atoms with van der Waals surface area (Å²) < 4.78 is 9.62. The summed E-state index contributed by atoms with van der Waals surface area (Å²) >= 11 is 0. The lowest BCUT2D eigenvalue weighted by atomic mass is 10.0. The number of hydrogen-bond donors (Lipinski definition) is 1. The van der Waals surface area contributed by atoms with Crippen molar-refractivity contribution in [3.63, 3.8) is 0 Å². The minimum absolute atomic E-state index is 0.181. The minimum atomic E-state index is -1.01. The topological polar surface area (TPSA) is 72.8 Å². The van der Waals surface area contributed by atoms with Crippen LogP contribution >= 0.6 is 0 Å². The number of hydrogen-bond acceptors (Lipinski definition) is 5. The molecule has 0 amide bonds. The molecule has 0 aliphatic carbocycles. The molecule has 0 bridgehead atoms. The highest BCUT2D eigenvalue weighted by Crippen LogP contribution is 2.13. The second-order valence-electron chi connectivity index (χ2n) is 8.08. The Balaban J connectivity index is 4.14. The van der Waals surface area contributed by atoms with Gasteiger partial charge in [-0.2, -0.15) is 0 Å². The average Bonchev–Trinajstić information content (AvgIpc) is 2.64. The number of aliphatic hydroxyl groups is 1. The van der Waals surface area contributed by atoms with Gasteiger partial charge >= 0.3 is 11.9 Å². The van der Waals surface area contributed by atoms with Gasteiger partial charge in [0.15, 0.2) is 0 Å². The largest absolute Gasteiger partial charge is 0.463 e. The first-order valence-electron chi connectivity index (χ1n) is 10.7. The first-order chi connectivity index (χ1) is 14.1. The van der Waals surface area contributed by atoms with Gasteiger partial charge in [0.05, 0.1) is 0 Å². The zero-order chi connectivity index (χ0) is 22.9. The number of esters is 2. The molecule has 0 aliphatic heterocycles. The molecule has 0 aromatic carbocycles. The molecule has 0 saturated carbocycles. The van der Waals surface area contributed by atoms with E-state index in [9.17, 15) is 14.7 Å². The average molecular weight is 421 g/mol. The van der Waals surface area contributed by atoms with E-state index in [1.54, 1.807) is 0 Å². The molecule has 0 fully saturated rings. The van der Waals surface area contributed by atoms with Crippen molar-refractivity contribution < 1.29 is 24.2 Å². The van der Waals surface area contributed by atoms with Gasteiger partial charge in [-0.25, -0.2) is 4.79 Å². The third-order valence-electron chi connectivity index (χ3n) is 4.42. The summed E-state index contributed by atoms with van der Waals surface area (Å²) in [6.45, 7) is 11.4. The lowest BCUT2D eigenvalue weighted by molar-refractivity contribution is -0.148. The van der Waals surface area contributed by atoms with E-state index >= 15 is 0 Å². The Bertz CT molecular complexity index is 648. The molecule has 0 aromatic rings. The van der Waals surface area contributed by atoms with Crippen molar-refractivity contribution in [1.82, 2.24) is 0 Å². The number of carbonyl (C=O) groups excluding carboxylic acids is 2. The Morgan fingerprint density at radius 1 is 0.733 bits per heavy atom. The molecule has 5 nitrogen and oxygen atoms in total. The Morgan fingerprint density at radius 2 is 1.20 bits per heavy atom. The van der Waals surface area contributed by atoms with Crippen LogP contribution < -0.4 is 0 Å². The molecule has 5 heteroatoms. The standard InChI is InChI=1S/C25H40O5/c1-19(2)10-7-11-20(3)12-8-13-21(4)14-9-15-22(5)16-25(28)30-18-24(27)17-29-23(6)26/h10,12,14,16,24,27H,7-9,11,13,15,17-18H2,1-6H3/b20-12+,21-14+,22-16+/t24-/m0/s1. The van der Waals surface area contributed by atoms with Crippen LogP contribution in [0.5, 0.6) is 0 Å². The van der Waals surface area contributed by atoms with Crippen LogP contribution in [0.15, 0.2) is 46.6 Å². The van der Waals surface area contributed by atoms with Gasteiger partial charge in [-0.05, 0) is 73.1 Å². The maximum atomic E-state index is 11.8. The number of carbonyl (C=O) groups is 2. The van der Waals surface area contributed by atoms with Crippen molar-refractivity contribution in [3.8, 4) is 0 Å². The van der Waals surface area contributed by atoms with E-state index in [-0.39, 0.29) is 13.2 Å². The summed E-state index contributed by atoms with van der Waals surface area (Å²) in [6, 6.07) is 0. The predicted octanol–water partition coefficient (Wildman–Crippen LogP) is 5.60. The van der Waals surface area contributed by atoms with Crippen molar-refractivity contribution in [2.24, 2.45) is 0 Å². The summed E-state index contributed by atoms with van der Waals surface area (Å²) in [5, 5.41) is 9.56. The van der Waals surface area contributed by atoms with Gasteiger partial charge in [-0.1, -0.05) is 40.5 Å². The molecule has 0 saturated heterocycles. The quantitative estimate of drug-likeness (QED) is 0.225. The molecule has 0 heterocycles. The number of ether oxygens (including phenoxy) is 2. The van der Waals surface area contributed by atoms with Crippen LogP contribution in [0.25, 0.3) is 0 Å². The molecule has 0 unspecified atom stereocenters. The first kappa shape index (κ1) is 27.9. The molecule has 0 aliphatic rings. The van der Waals surface area contributed by atoms with Crippen molar-refractivity contribution in [3.05, 3.63) is 46.6 Å².